The van der Waals surface area contributed by atoms with Gasteiger partial charge in [0.2, 0.25) is 5.91 Å². The SMILES string of the molecule is C=CCNC(=O)CCCc1c(-c2ccc3ccccc3n2)[nH]c2ccccc12. The summed E-state index contributed by atoms with van der Waals surface area (Å²) in [6.45, 7) is 4.14. The minimum absolute atomic E-state index is 0.0603. The second kappa shape index (κ2) is 8.09. The van der Waals surface area contributed by atoms with Crippen LogP contribution in [0.3, 0.4) is 0 Å². The van der Waals surface area contributed by atoms with E-state index in [-0.39, 0.29) is 5.91 Å². The van der Waals surface area contributed by atoms with Gasteiger partial charge in [-0.05, 0) is 36.6 Å². The smallest absolute Gasteiger partial charge is 0.220 e. The van der Waals surface area contributed by atoms with Gasteiger partial charge in [-0.25, -0.2) is 4.98 Å². The Morgan fingerprint density at radius 3 is 2.79 bits per heavy atom. The summed E-state index contributed by atoms with van der Waals surface area (Å²) < 4.78 is 0. The molecular formula is C24H23N3O. The molecule has 0 spiro atoms. The highest BCUT2D eigenvalue weighted by molar-refractivity contribution is 5.91. The molecule has 2 aromatic carbocycles. The first-order chi connectivity index (χ1) is 13.8. The number of benzene rings is 2. The molecular weight excluding hydrogens is 346 g/mol. The third-order valence-corrected chi connectivity index (χ3v) is 4.94. The van der Waals surface area contributed by atoms with E-state index in [1.54, 1.807) is 6.08 Å². The number of pyridine rings is 1. The Bertz CT molecular complexity index is 1140. The van der Waals surface area contributed by atoms with Gasteiger partial charge in [-0.2, -0.15) is 0 Å². The van der Waals surface area contributed by atoms with Crippen LogP contribution < -0.4 is 5.32 Å². The van der Waals surface area contributed by atoms with Crippen molar-refractivity contribution in [2.24, 2.45) is 0 Å². The van der Waals surface area contributed by atoms with Crippen molar-refractivity contribution >= 4 is 27.7 Å². The van der Waals surface area contributed by atoms with Gasteiger partial charge in [-0.1, -0.05) is 48.5 Å². The van der Waals surface area contributed by atoms with E-state index >= 15 is 0 Å². The Balaban J connectivity index is 1.66. The maximum absolute atomic E-state index is 11.9. The highest BCUT2D eigenvalue weighted by Crippen LogP contribution is 2.31. The number of nitrogens with one attached hydrogen (secondary N) is 2. The zero-order chi connectivity index (χ0) is 19.3. The summed E-state index contributed by atoms with van der Waals surface area (Å²) in [5.41, 5.74) is 5.27. The van der Waals surface area contributed by atoms with Gasteiger partial charge in [0.15, 0.2) is 0 Å². The predicted molar refractivity (Wildman–Crippen MR) is 115 cm³/mol. The zero-order valence-electron chi connectivity index (χ0n) is 15.7. The summed E-state index contributed by atoms with van der Waals surface area (Å²) in [6.07, 6.45) is 3.79. The van der Waals surface area contributed by atoms with Gasteiger partial charge in [0.1, 0.15) is 0 Å². The Hall–Kier alpha value is -3.40. The Morgan fingerprint density at radius 1 is 1.07 bits per heavy atom. The van der Waals surface area contributed by atoms with Gasteiger partial charge in [0, 0.05) is 29.3 Å². The van der Waals surface area contributed by atoms with Crippen molar-refractivity contribution in [3.8, 4) is 11.4 Å². The molecule has 0 aliphatic rings. The maximum atomic E-state index is 11.9. The lowest BCUT2D eigenvalue weighted by atomic mass is 10.0. The molecule has 2 aromatic heterocycles. The molecule has 2 heterocycles. The minimum atomic E-state index is 0.0603. The Kier molecular flexibility index (Phi) is 5.20. The molecule has 0 saturated heterocycles. The van der Waals surface area contributed by atoms with Crippen molar-refractivity contribution < 1.29 is 4.79 Å². The van der Waals surface area contributed by atoms with Crippen LogP contribution in [0.4, 0.5) is 0 Å². The summed E-state index contributed by atoms with van der Waals surface area (Å²) in [4.78, 5) is 20.3. The highest BCUT2D eigenvalue weighted by atomic mass is 16.1. The number of hydrogen-bond donors (Lipinski definition) is 2. The van der Waals surface area contributed by atoms with Crippen molar-refractivity contribution in [1.29, 1.82) is 0 Å². The fraction of sp³-hybridized carbons (Fsp3) is 0.167. The lowest BCUT2D eigenvalue weighted by Crippen LogP contribution is -2.22. The van der Waals surface area contributed by atoms with Crippen molar-refractivity contribution in [2.45, 2.75) is 19.3 Å². The molecule has 0 bridgehead atoms. The van der Waals surface area contributed by atoms with Crippen LogP contribution in [0.1, 0.15) is 18.4 Å². The normalized spacial score (nSPS) is 11.0. The molecule has 4 rings (SSSR count). The van der Waals surface area contributed by atoms with Gasteiger partial charge >= 0.3 is 0 Å². The molecule has 140 valence electrons. The van der Waals surface area contributed by atoms with E-state index < -0.39 is 0 Å². The van der Waals surface area contributed by atoms with Crippen molar-refractivity contribution in [3.63, 3.8) is 0 Å². The fourth-order valence-corrected chi connectivity index (χ4v) is 3.58. The number of para-hydroxylation sites is 2. The third kappa shape index (κ3) is 3.67. The number of H-pyrrole nitrogens is 1. The second-order valence-corrected chi connectivity index (χ2v) is 6.86. The first kappa shape index (κ1) is 18.0. The summed E-state index contributed by atoms with van der Waals surface area (Å²) in [5.74, 6) is 0.0603. The Labute approximate surface area is 164 Å². The van der Waals surface area contributed by atoms with Gasteiger partial charge in [0.25, 0.3) is 0 Å². The first-order valence-electron chi connectivity index (χ1n) is 9.59. The number of rotatable bonds is 7. The summed E-state index contributed by atoms with van der Waals surface area (Å²) >= 11 is 0. The molecule has 4 aromatic rings. The van der Waals surface area contributed by atoms with Crippen LogP contribution in [0.25, 0.3) is 33.2 Å². The molecule has 4 nitrogen and oxygen atoms in total. The monoisotopic (exact) mass is 369 g/mol. The van der Waals surface area contributed by atoms with E-state index in [2.05, 4.69) is 47.2 Å². The molecule has 0 atom stereocenters. The largest absolute Gasteiger partial charge is 0.353 e. The molecule has 0 saturated carbocycles. The van der Waals surface area contributed by atoms with Crippen LogP contribution in [-0.4, -0.2) is 22.4 Å². The molecule has 1 amide bonds. The van der Waals surface area contributed by atoms with Crippen LogP contribution in [0.2, 0.25) is 0 Å². The Morgan fingerprint density at radius 2 is 1.89 bits per heavy atom. The van der Waals surface area contributed by atoms with Crippen LogP contribution in [0.5, 0.6) is 0 Å². The van der Waals surface area contributed by atoms with Gasteiger partial charge in [0.05, 0.1) is 16.9 Å². The van der Waals surface area contributed by atoms with Crippen LogP contribution in [0.15, 0.2) is 73.3 Å². The van der Waals surface area contributed by atoms with Gasteiger partial charge in [-0.3, -0.25) is 4.79 Å². The van der Waals surface area contributed by atoms with E-state index in [0.29, 0.717) is 13.0 Å². The number of amides is 1. The highest BCUT2D eigenvalue weighted by Gasteiger charge is 2.14. The number of carbonyl (C=O) groups is 1. The summed E-state index contributed by atoms with van der Waals surface area (Å²) in [7, 11) is 0. The molecule has 0 unspecified atom stereocenters. The molecule has 4 heteroatoms. The first-order valence-corrected chi connectivity index (χ1v) is 9.59. The minimum Gasteiger partial charge on any atom is -0.353 e. The lowest BCUT2D eigenvalue weighted by molar-refractivity contribution is -0.120. The number of aromatic nitrogens is 2. The summed E-state index contributed by atoms with van der Waals surface area (Å²) in [5, 5.41) is 5.16. The maximum Gasteiger partial charge on any atom is 0.220 e. The molecule has 0 aliphatic carbocycles. The topological polar surface area (TPSA) is 57.8 Å². The zero-order valence-corrected chi connectivity index (χ0v) is 15.7. The van der Waals surface area contributed by atoms with Crippen LogP contribution in [-0.2, 0) is 11.2 Å². The van der Waals surface area contributed by atoms with Crippen molar-refractivity contribution in [2.75, 3.05) is 6.54 Å². The summed E-state index contributed by atoms with van der Waals surface area (Å²) in [6, 6.07) is 20.6. The van der Waals surface area contributed by atoms with Crippen molar-refractivity contribution in [1.82, 2.24) is 15.3 Å². The van der Waals surface area contributed by atoms with Crippen molar-refractivity contribution in [3.05, 3.63) is 78.9 Å². The number of aryl methyl sites for hydroxylation is 1. The third-order valence-electron chi connectivity index (χ3n) is 4.94. The number of aromatic amines is 1. The number of nitrogens with zero attached hydrogens (tertiary/aromatic N) is 1. The van der Waals surface area contributed by atoms with E-state index in [1.165, 1.54) is 10.9 Å². The number of fused-ring (bicyclic) bond motifs is 2. The van der Waals surface area contributed by atoms with Gasteiger partial charge < -0.3 is 10.3 Å². The van der Waals surface area contributed by atoms with Crippen LogP contribution >= 0.6 is 0 Å². The fourth-order valence-electron chi connectivity index (χ4n) is 3.58. The van der Waals surface area contributed by atoms with E-state index in [9.17, 15) is 4.79 Å². The van der Waals surface area contributed by atoms with E-state index in [4.69, 9.17) is 4.98 Å². The molecule has 28 heavy (non-hydrogen) atoms. The van der Waals surface area contributed by atoms with Crippen LogP contribution in [0, 0.1) is 0 Å². The quantitative estimate of drug-likeness (QED) is 0.450. The van der Waals surface area contributed by atoms with Gasteiger partial charge in [-0.15, -0.1) is 6.58 Å². The van der Waals surface area contributed by atoms with E-state index in [0.717, 1.165) is 40.6 Å². The average Bonchev–Trinajstić information content (AvgIpc) is 3.10. The lowest BCUT2D eigenvalue weighted by Gasteiger charge is -2.07. The predicted octanol–water partition coefficient (Wildman–Crippen LogP) is 5.01. The molecule has 2 N–H and O–H groups in total. The molecule has 0 radical (unpaired) electrons. The standard InChI is InChI=1S/C24H23N3O/c1-2-16-25-23(28)13-7-10-19-18-9-4-6-12-21(18)27-24(19)22-15-14-17-8-3-5-11-20(17)26-22/h2-6,8-9,11-12,14-15,27H,1,7,10,13,16H2,(H,25,28). The molecule has 0 fully saturated rings. The number of hydrogen-bond acceptors (Lipinski definition) is 2. The number of carbonyl (C=O) groups excluding carboxylic acids is 1. The van der Waals surface area contributed by atoms with E-state index in [1.807, 2.05) is 30.3 Å². The molecule has 0 aliphatic heterocycles. The average molecular weight is 369 g/mol. The second-order valence-electron chi connectivity index (χ2n) is 6.86.